The van der Waals surface area contributed by atoms with Crippen LogP contribution in [0.5, 0.6) is 0 Å². The van der Waals surface area contributed by atoms with Gasteiger partial charge in [-0.15, -0.1) is 0 Å². The minimum atomic E-state index is 0. The molecule has 8 heteroatoms. The van der Waals surface area contributed by atoms with Crippen LogP contribution in [0.3, 0.4) is 0 Å². The normalized spacial score (nSPS) is 10.4. The van der Waals surface area contributed by atoms with Gasteiger partial charge in [-0.1, -0.05) is 72.8 Å². The summed E-state index contributed by atoms with van der Waals surface area (Å²) in [6, 6.07) is 36.4. The van der Waals surface area contributed by atoms with Crippen LogP contribution >= 0.6 is 0 Å². The Morgan fingerprint density at radius 1 is 0.250 bits per heavy atom. The van der Waals surface area contributed by atoms with Gasteiger partial charge in [-0.05, 0) is 36.4 Å². The largest absolute Gasteiger partial charge is 2.00 e. The summed E-state index contributed by atoms with van der Waals surface area (Å²) in [5.41, 5.74) is 5.86. The van der Waals surface area contributed by atoms with E-state index in [2.05, 4.69) is 103 Å². The first-order chi connectivity index (χ1) is 20.8. The van der Waals surface area contributed by atoms with Crippen molar-refractivity contribution < 1.29 is 25.0 Å². The van der Waals surface area contributed by atoms with Crippen molar-refractivity contribution in [1.82, 2.24) is 29.9 Å². The van der Waals surface area contributed by atoms with Crippen LogP contribution in [0.25, 0.3) is 65.4 Å². The van der Waals surface area contributed by atoms with E-state index in [1.54, 1.807) is 37.2 Å². The zero-order chi connectivity index (χ0) is 28.1. The molecule has 0 aliphatic heterocycles. The topological polar surface area (TPSA) is 109 Å². The molecule has 0 radical (unpaired) electrons. The van der Waals surface area contributed by atoms with Crippen molar-refractivity contribution in [2.24, 2.45) is 0 Å². The third kappa shape index (κ3) is 6.08. The molecular formula is C36H26N6ORu+2. The maximum Gasteiger partial charge on any atom is 2.00 e. The van der Waals surface area contributed by atoms with Gasteiger partial charge in [-0.25, -0.2) is 0 Å². The van der Waals surface area contributed by atoms with Crippen molar-refractivity contribution in [2.45, 2.75) is 0 Å². The second kappa shape index (κ2) is 13.8. The third-order valence-corrected chi connectivity index (χ3v) is 7.03. The van der Waals surface area contributed by atoms with Crippen LogP contribution < -0.4 is 0 Å². The summed E-state index contributed by atoms with van der Waals surface area (Å²) in [6.45, 7) is 0. The molecule has 0 bridgehead atoms. The van der Waals surface area contributed by atoms with E-state index in [0.29, 0.717) is 0 Å². The van der Waals surface area contributed by atoms with E-state index in [0.717, 1.165) is 65.4 Å². The monoisotopic (exact) mass is 660 g/mol. The van der Waals surface area contributed by atoms with Crippen molar-refractivity contribution in [3.63, 3.8) is 0 Å². The summed E-state index contributed by atoms with van der Waals surface area (Å²) in [5.74, 6) is 0. The van der Waals surface area contributed by atoms with E-state index in [-0.39, 0.29) is 25.0 Å². The molecule has 9 rings (SSSR count). The fourth-order valence-electron chi connectivity index (χ4n) is 5.04. The molecule has 0 aliphatic rings. The minimum absolute atomic E-state index is 0. The maximum atomic E-state index is 4.35. The van der Waals surface area contributed by atoms with Crippen LogP contribution in [0.4, 0.5) is 0 Å². The van der Waals surface area contributed by atoms with Crippen molar-refractivity contribution in [2.75, 3.05) is 0 Å². The molecule has 212 valence electrons. The maximum absolute atomic E-state index is 4.35. The van der Waals surface area contributed by atoms with E-state index in [1.165, 1.54) is 0 Å². The van der Waals surface area contributed by atoms with E-state index in [9.17, 15) is 0 Å². The average molecular weight is 660 g/mol. The van der Waals surface area contributed by atoms with Gasteiger partial charge in [-0.2, -0.15) is 0 Å². The SMILES string of the molecule is O.[Ru+2].c1cnc2c(c1)ccc1cccnc12.c1cnc2c(c1)ccc1cccnc12.c1cnc2c(c1)ccc1cccnc12. The van der Waals surface area contributed by atoms with Gasteiger partial charge in [0.25, 0.3) is 0 Å². The molecule has 0 fully saturated rings. The van der Waals surface area contributed by atoms with E-state index in [4.69, 9.17) is 0 Å². The first-order valence-corrected chi connectivity index (χ1v) is 13.6. The second-order valence-electron chi connectivity index (χ2n) is 9.65. The van der Waals surface area contributed by atoms with Gasteiger partial charge in [0.1, 0.15) is 0 Å². The molecule has 0 aliphatic carbocycles. The first-order valence-electron chi connectivity index (χ1n) is 13.6. The van der Waals surface area contributed by atoms with E-state index >= 15 is 0 Å². The third-order valence-electron chi connectivity index (χ3n) is 7.03. The number of hydrogen-bond donors (Lipinski definition) is 0. The smallest absolute Gasteiger partial charge is 0.412 e. The molecule has 0 amide bonds. The fourth-order valence-corrected chi connectivity index (χ4v) is 5.04. The van der Waals surface area contributed by atoms with Crippen LogP contribution in [0.1, 0.15) is 0 Å². The molecule has 6 aromatic heterocycles. The Bertz CT molecular complexity index is 1920. The van der Waals surface area contributed by atoms with Gasteiger partial charge in [0.05, 0.1) is 33.1 Å². The van der Waals surface area contributed by atoms with Gasteiger partial charge < -0.3 is 5.48 Å². The van der Waals surface area contributed by atoms with Crippen LogP contribution in [0, 0.1) is 0 Å². The molecular weight excluding hydrogens is 634 g/mol. The predicted molar refractivity (Wildman–Crippen MR) is 175 cm³/mol. The number of benzene rings is 3. The molecule has 2 N–H and O–H groups in total. The number of rotatable bonds is 0. The summed E-state index contributed by atoms with van der Waals surface area (Å²) >= 11 is 0. The number of fused-ring (bicyclic) bond motifs is 9. The zero-order valence-corrected chi connectivity index (χ0v) is 25.1. The van der Waals surface area contributed by atoms with Gasteiger partial charge in [0.15, 0.2) is 0 Å². The molecule has 0 spiro atoms. The quantitative estimate of drug-likeness (QED) is 0.123. The van der Waals surface area contributed by atoms with Crippen molar-refractivity contribution in [1.29, 1.82) is 0 Å². The number of aromatic nitrogens is 6. The number of nitrogens with zero attached hydrogens (tertiary/aromatic N) is 6. The van der Waals surface area contributed by atoms with Crippen molar-refractivity contribution in [3.05, 3.63) is 146 Å². The van der Waals surface area contributed by atoms with E-state index in [1.807, 2.05) is 36.4 Å². The standard InChI is InChI=1S/3C12H8N2.H2O.Ru/c3*1-3-9-5-6-10-4-2-8-14-12(10)11(9)13-7-1;;/h3*1-8H;1H2;/q;;;;+2. The molecule has 6 heterocycles. The molecule has 7 nitrogen and oxygen atoms in total. The summed E-state index contributed by atoms with van der Waals surface area (Å²) in [6.07, 6.45) is 10.8. The van der Waals surface area contributed by atoms with Gasteiger partial charge in [0.2, 0.25) is 0 Å². The van der Waals surface area contributed by atoms with Crippen LogP contribution in [-0.2, 0) is 19.5 Å². The molecule has 3 aromatic carbocycles. The van der Waals surface area contributed by atoms with Crippen LogP contribution in [-0.4, -0.2) is 35.4 Å². The predicted octanol–water partition coefficient (Wildman–Crippen LogP) is 7.52. The van der Waals surface area contributed by atoms with Crippen molar-refractivity contribution in [3.8, 4) is 0 Å². The molecule has 9 aromatic rings. The molecule has 0 atom stereocenters. The summed E-state index contributed by atoms with van der Waals surface area (Å²) in [5, 5.41) is 6.83. The molecule has 0 saturated heterocycles. The summed E-state index contributed by atoms with van der Waals surface area (Å²) < 4.78 is 0. The summed E-state index contributed by atoms with van der Waals surface area (Å²) in [7, 11) is 0. The minimum Gasteiger partial charge on any atom is -0.412 e. The number of pyridine rings is 6. The second-order valence-corrected chi connectivity index (χ2v) is 9.65. The Labute approximate surface area is 265 Å². The molecule has 44 heavy (non-hydrogen) atoms. The molecule has 0 unspecified atom stereocenters. The van der Waals surface area contributed by atoms with E-state index < -0.39 is 0 Å². The Morgan fingerprint density at radius 3 is 0.568 bits per heavy atom. The average Bonchev–Trinajstić information content (AvgIpc) is 3.09. The Hall–Kier alpha value is -5.30. The first kappa shape index (κ1) is 30.2. The van der Waals surface area contributed by atoms with Crippen molar-refractivity contribution >= 4 is 65.4 Å². The van der Waals surface area contributed by atoms with Crippen LogP contribution in [0.15, 0.2) is 146 Å². The molecule has 0 saturated carbocycles. The Morgan fingerprint density at radius 2 is 0.409 bits per heavy atom. The Balaban J connectivity index is 0.000000128. The summed E-state index contributed by atoms with van der Waals surface area (Å²) in [4.78, 5) is 26.1. The fraction of sp³-hybridized carbons (Fsp3) is 0. The zero-order valence-electron chi connectivity index (χ0n) is 23.4. The number of hydrogen-bond acceptors (Lipinski definition) is 6. The Kier molecular flexibility index (Phi) is 9.45. The van der Waals surface area contributed by atoms with Gasteiger partial charge >= 0.3 is 19.5 Å². The van der Waals surface area contributed by atoms with Gasteiger partial charge in [-0.3, -0.25) is 29.9 Å². The van der Waals surface area contributed by atoms with Gasteiger partial charge in [0, 0.05) is 69.5 Å². The van der Waals surface area contributed by atoms with Crippen LogP contribution in [0.2, 0.25) is 0 Å².